The number of carbonyl (C=O) groups excluding carboxylic acids is 1. The van der Waals surface area contributed by atoms with Crippen LogP contribution in [0.2, 0.25) is 0 Å². The molecular formula is C25H28N2O3S. The summed E-state index contributed by atoms with van der Waals surface area (Å²) in [6, 6.07) is 18.0. The Morgan fingerprint density at radius 1 is 1.03 bits per heavy atom. The molecule has 0 saturated carbocycles. The van der Waals surface area contributed by atoms with Crippen molar-refractivity contribution >= 4 is 33.3 Å². The van der Waals surface area contributed by atoms with E-state index in [0.717, 1.165) is 36.1 Å². The van der Waals surface area contributed by atoms with Crippen molar-refractivity contribution in [1.29, 1.82) is 0 Å². The van der Waals surface area contributed by atoms with Crippen LogP contribution in [-0.2, 0) is 16.0 Å². The van der Waals surface area contributed by atoms with Crippen LogP contribution in [-0.4, -0.2) is 53.0 Å². The molecule has 1 atom stereocenters. The highest BCUT2D eigenvalue weighted by atomic mass is 32.1. The van der Waals surface area contributed by atoms with Crippen molar-refractivity contribution in [1.82, 2.24) is 9.80 Å². The predicted octanol–water partition coefficient (Wildman–Crippen LogP) is 4.58. The van der Waals surface area contributed by atoms with Gasteiger partial charge in [-0.05, 0) is 60.0 Å². The smallest absolute Gasteiger partial charge is 0.305 e. The van der Waals surface area contributed by atoms with E-state index in [1.165, 1.54) is 17.5 Å². The maximum absolute atomic E-state index is 13.6. The first-order valence-corrected chi connectivity index (χ1v) is 11.7. The van der Waals surface area contributed by atoms with Gasteiger partial charge in [-0.3, -0.25) is 9.59 Å². The Hall–Kier alpha value is -2.70. The maximum atomic E-state index is 13.6. The molecule has 1 aromatic heterocycles. The average molecular weight is 437 g/mol. The number of hydrogen-bond acceptors (Lipinski definition) is 4. The number of aliphatic carboxylic acids is 1. The number of carbonyl (C=O) groups is 2. The fourth-order valence-corrected chi connectivity index (χ4v) is 5.25. The molecule has 4 rings (SSSR count). The minimum atomic E-state index is -0.884. The molecule has 5 nitrogen and oxygen atoms in total. The average Bonchev–Trinajstić information content (AvgIpc) is 3.46. The zero-order chi connectivity index (χ0) is 21.6. The Bertz CT molecular complexity index is 1030. The van der Waals surface area contributed by atoms with Gasteiger partial charge in [-0.2, -0.15) is 0 Å². The molecule has 0 unspecified atom stereocenters. The summed E-state index contributed by atoms with van der Waals surface area (Å²) in [5.74, 6) is -0.904. The summed E-state index contributed by atoms with van der Waals surface area (Å²) in [7, 11) is 0. The summed E-state index contributed by atoms with van der Waals surface area (Å²) < 4.78 is 1.17. The minimum Gasteiger partial charge on any atom is -0.481 e. The number of thiophene rings is 1. The van der Waals surface area contributed by atoms with Gasteiger partial charge in [-0.25, -0.2) is 0 Å². The number of nitrogens with zero attached hydrogens (tertiary/aromatic N) is 2. The quantitative estimate of drug-likeness (QED) is 0.533. The van der Waals surface area contributed by atoms with Gasteiger partial charge >= 0.3 is 5.97 Å². The van der Waals surface area contributed by atoms with E-state index in [4.69, 9.17) is 0 Å². The number of fused-ring (bicyclic) bond motifs is 1. The first-order valence-electron chi connectivity index (χ1n) is 10.9. The zero-order valence-corrected chi connectivity index (χ0v) is 18.4. The molecule has 0 aliphatic carbocycles. The molecule has 1 aliphatic rings. The number of carboxylic acid groups (broad SMARTS) is 1. The molecule has 0 bridgehead atoms. The summed E-state index contributed by atoms with van der Waals surface area (Å²) in [6.45, 7) is 3.00. The molecule has 0 spiro atoms. The summed E-state index contributed by atoms with van der Waals surface area (Å²) in [5, 5.41) is 12.5. The van der Waals surface area contributed by atoms with Gasteiger partial charge in [-0.1, -0.05) is 42.5 Å². The monoisotopic (exact) mass is 436 g/mol. The molecule has 6 heteroatoms. The van der Waals surface area contributed by atoms with Crippen LogP contribution in [0.1, 0.15) is 36.4 Å². The Labute approximate surface area is 186 Å². The maximum Gasteiger partial charge on any atom is 0.305 e. The largest absolute Gasteiger partial charge is 0.481 e. The van der Waals surface area contributed by atoms with Crippen LogP contribution < -0.4 is 0 Å². The molecule has 0 radical (unpaired) electrons. The zero-order valence-electron chi connectivity index (χ0n) is 17.6. The van der Waals surface area contributed by atoms with Crippen LogP contribution in [0.15, 0.2) is 60.0 Å². The number of carboxylic acids is 1. The van der Waals surface area contributed by atoms with E-state index in [1.807, 2.05) is 47.8 Å². The van der Waals surface area contributed by atoms with E-state index in [9.17, 15) is 14.7 Å². The summed E-state index contributed by atoms with van der Waals surface area (Å²) in [5.41, 5.74) is 2.05. The lowest BCUT2D eigenvalue weighted by atomic mass is 10.0. The van der Waals surface area contributed by atoms with Crippen LogP contribution in [0.25, 0.3) is 10.1 Å². The first kappa shape index (κ1) is 21.5. The number of likely N-dealkylation sites (tertiary alicyclic amines) is 1. The van der Waals surface area contributed by atoms with Gasteiger partial charge in [0.1, 0.15) is 0 Å². The molecule has 162 valence electrons. The molecule has 1 fully saturated rings. The van der Waals surface area contributed by atoms with E-state index in [-0.39, 0.29) is 31.3 Å². The lowest BCUT2D eigenvalue weighted by Gasteiger charge is -2.35. The van der Waals surface area contributed by atoms with Gasteiger partial charge in [0.15, 0.2) is 0 Å². The topological polar surface area (TPSA) is 60.9 Å². The van der Waals surface area contributed by atoms with Gasteiger partial charge < -0.3 is 14.9 Å². The van der Waals surface area contributed by atoms with Crippen molar-refractivity contribution in [2.75, 3.05) is 26.2 Å². The lowest BCUT2D eigenvalue weighted by Crippen LogP contribution is -2.42. The molecule has 1 amide bonds. The number of hydrogen-bond donors (Lipinski definition) is 1. The predicted molar refractivity (Wildman–Crippen MR) is 124 cm³/mol. The summed E-state index contributed by atoms with van der Waals surface area (Å²) >= 11 is 1.67. The van der Waals surface area contributed by atoms with E-state index in [1.54, 1.807) is 16.2 Å². The molecule has 3 aromatic rings. The third-order valence-corrected chi connectivity index (χ3v) is 6.89. The number of benzene rings is 2. The Kier molecular flexibility index (Phi) is 6.99. The van der Waals surface area contributed by atoms with E-state index < -0.39 is 5.97 Å². The van der Waals surface area contributed by atoms with Crippen molar-refractivity contribution in [3.8, 4) is 0 Å². The van der Waals surface area contributed by atoms with Gasteiger partial charge in [0.2, 0.25) is 5.91 Å². The summed E-state index contributed by atoms with van der Waals surface area (Å²) in [4.78, 5) is 29.2. The molecule has 2 heterocycles. The fraction of sp³-hybridized carbons (Fsp3) is 0.360. The van der Waals surface area contributed by atoms with Crippen LogP contribution in [0.4, 0.5) is 0 Å². The van der Waals surface area contributed by atoms with Gasteiger partial charge in [0.05, 0.1) is 18.9 Å². The van der Waals surface area contributed by atoms with Crippen molar-refractivity contribution < 1.29 is 14.7 Å². The third-order valence-electron chi connectivity index (χ3n) is 6.01. The normalized spacial score (nSPS) is 15.2. The van der Waals surface area contributed by atoms with E-state index in [2.05, 4.69) is 17.0 Å². The van der Waals surface area contributed by atoms with Gasteiger partial charge in [0, 0.05) is 17.8 Å². The summed E-state index contributed by atoms with van der Waals surface area (Å²) in [6.07, 6.45) is 2.56. The molecular weight excluding hydrogens is 408 g/mol. The Balaban J connectivity index is 1.63. The standard InChI is InChI=1S/C25H28N2O3S/c28-24(17-20-9-6-10-23-21(20)12-16-31-23)27(15-11-25(29)30)22(18-26-13-4-5-14-26)19-7-2-1-3-8-19/h1-3,6-10,12,16,22H,4-5,11,13-15,17-18H2,(H,29,30)/t22-/m1/s1. The van der Waals surface area contributed by atoms with E-state index >= 15 is 0 Å². The number of amides is 1. The second-order valence-electron chi connectivity index (χ2n) is 8.09. The highest BCUT2D eigenvalue weighted by Gasteiger charge is 2.29. The van der Waals surface area contributed by atoms with Gasteiger partial charge in [0.25, 0.3) is 0 Å². The molecule has 31 heavy (non-hydrogen) atoms. The van der Waals surface area contributed by atoms with Crippen LogP contribution in [0.3, 0.4) is 0 Å². The van der Waals surface area contributed by atoms with Crippen LogP contribution >= 0.6 is 11.3 Å². The molecule has 1 N–H and O–H groups in total. The highest BCUT2D eigenvalue weighted by Crippen LogP contribution is 2.28. The van der Waals surface area contributed by atoms with Crippen molar-refractivity contribution in [3.63, 3.8) is 0 Å². The molecule has 1 aliphatic heterocycles. The van der Waals surface area contributed by atoms with Gasteiger partial charge in [-0.15, -0.1) is 11.3 Å². The van der Waals surface area contributed by atoms with Crippen molar-refractivity contribution in [2.45, 2.75) is 31.7 Å². The highest BCUT2D eigenvalue weighted by molar-refractivity contribution is 7.17. The lowest BCUT2D eigenvalue weighted by molar-refractivity contribution is -0.139. The van der Waals surface area contributed by atoms with E-state index in [0.29, 0.717) is 0 Å². The second-order valence-corrected chi connectivity index (χ2v) is 9.04. The second kappa shape index (κ2) is 10.1. The fourth-order valence-electron chi connectivity index (χ4n) is 4.41. The SMILES string of the molecule is O=C(O)CCN(C(=O)Cc1cccc2sccc12)[C@H](CN1CCCC1)c1ccccc1. The molecule has 1 saturated heterocycles. The Morgan fingerprint density at radius 3 is 2.55 bits per heavy atom. The van der Waals surface area contributed by atoms with Crippen molar-refractivity contribution in [3.05, 3.63) is 71.1 Å². The Morgan fingerprint density at radius 2 is 1.81 bits per heavy atom. The van der Waals surface area contributed by atoms with Crippen molar-refractivity contribution in [2.24, 2.45) is 0 Å². The van der Waals surface area contributed by atoms with Crippen LogP contribution in [0, 0.1) is 0 Å². The van der Waals surface area contributed by atoms with Crippen LogP contribution in [0.5, 0.6) is 0 Å². The third kappa shape index (κ3) is 5.32. The first-order chi connectivity index (χ1) is 15.1. The minimum absolute atomic E-state index is 0.0204. The molecule has 2 aromatic carbocycles. The number of rotatable bonds is 9.